The Labute approximate surface area is 125 Å². The van der Waals surface area contributed by atoms with Crippen molar-refractivity contribution in [2.24, 2.45) is 0 Å². The van der Waals surface area contributed by atoms with Crippen LogP contribution in [0.2, 0.25) is 0 Å². The lowest BCUT2D eigenvalue weighted by atomic mass is 10.1. The Morgan fingerprint density at radius 2 is 1.71 bits per heavy atom. The molecule has 0 bridgehead atoms. The van der Waals surface area contributed by atoms with E-state index in [0.717, 1.165) is 42.5 Å². The molecule has 0 spiro atoms. The summed E-state index contributed by atoms with van der Waals surface area (Å²) in [5.74, 6) is 2.66. The molecule has 21 heavy (non-hydrogen) atoms. The van der Waals surface area contributed by atoms with E-state index in [1.54, 1.807) is 13.4 Å². The Morgan fingerprint density at radius 1 is 1.05 bits per heavy atom. The van der Waals surface area contributed by atoms with Crippen LogP contribution in [0.5, 0.6) is 5.75 Å². The summed E-state index contributed by atoms with van der Waals surface area (Å²) in [6, 6.07) is 8.12. The van der Waals surface area contributed by atoms with Gasteiger partial charge < -0.3 is 15.4 Å². The molecule has 2 N–H and O–H groups in total. The number of aromatic nitrogens is 2. The third-order valence-corrected chi connectivity index (χ3v) is 3.29. The molecule has 1 heterocycles. The fraction of sp³-hybridized carbons (Fsp3) is 0.375. The van der Waals surface area contributed by atoms with E-state index in [0.29, 0.717) is 0 Å². The van der Waals surface area contributed by atoms with E-state index in [-0.39, 0.29) is 0 Å². The van der Waals surface area contributed by atoms with Crippen molar-refractivity contribution in [1.82, 2.24) is 9.97 Å². The molecular formula is C16H22N4O. The molecular weight excluding hydrogens is 264 g/mol. The fourth-order valence-corrected chi connectivity index (χ4v) is 2.09. The lowest BCUT2D eigenvalue weighted by molar-refractivity contribution is 0.414. The van der Waals surface area contributed by atoms with Gasteiger partial charge in [0, 0.05) is 18.7 Å². The lowest BCUT2D eigenvalue weighted by Gasteiger charge is -2.12. The molecule has 0 unspecified atom stereocenters. The zero-order valence-electron chi connectivity index (χ0n) is 12.8. The van der Waals surface area contributed by atoms with E-state index in [9.17, 15) is 0 Å². The van der Waals surface area contributed by atoms with Crippen LogP contribution in [0.1, 0.15) is 18.1 Å². The minimum atomic E-state index is 0.829. The number of rotatable bonds is 7. The van der Waals surface area contributed by atoms with Crippen LogP contribution in [-0.4, -0.2) is 30.2 Å². The van der Waals surface area contributed by atoms with Gasteiger partial charge in [-0.15, -0.1) is 0 Å². The van der Waals surface area contributed by atoms with Crippen molar-refractivity contribution in [3.05, 3.63) is 41.7 Å². The summed E-state index contributed by atoms with van der Waals surface area (Å²) in [6.07, 6.45) is 2.52. The number of nitrogens with one attached hydrogen (secondary N) is 2. The van der Waals surface area contributed by atoms with E-state index >= 15 is 0 Å². The van der Waals surface area contributed by atoms with Crippen molar-refractivity contribution in [2.45, 2.75) is 20.3 Å². The number of hydrogen-bond acceptors (Lipinski definition) is 5. The number of anilines is 2. The first-order valence-electron chi connectivity index (χ1n) is 7.17. The van der Waals surface area contributed by atoms with Gasteiger partial charge in [-0.25, -0.2) is 9.97 Å². The Morgan fingerprint density at radius 3 is 2.33 bits per heavy atom. The Hall–Kier alpha value is -2.30. The Bertz CT molecular complexity index is 569. The van der Waals surface area contributed by atoms with Crippen molar-refractivity contribution in [1.29, 1.82) is 0 Å². The summed E-state index contributed by atoms with van der Waals surface area (Å²) < 4.78 is 5.16. The molecule has 1 aromatic heterocycles. The smallest absolute Gasteiger partial charge is 0.134 e. The van der Waals surface area contributed by atoms with Crippen LogP contribution < -0.4 is 15.4 Å². The summed E-state index contributed by atoms with van der Waals surface area (Å²) in [7, 11) is 1.68. The first kappa shape index (κ1) is 15.1. The van der Waals surface area contributed by atoms with E-state index in [2.05, 4.69) is 39.7 Å². The first-order valence-corrected chi connectivity index (χ1v) is 7.17. The normalized spacial score (nSPS) is 10.2. The molecule has 0 atom stereocenters. The van der Waals surface area contributed by atoms with Crippen molar-refractivity contribution >= 4 is 11.6 Å². The molecule has 0 aliphatic rings. The van der Waals surface area contributed by atoms with Gasteiger partial charge in [0.25, 0.3) is 0 Å². The zero-order chi connectivity index (χ0) is 15.1. The predicted molar refractivity (Wildman–Crippen MR) is 86.1 cm³/mol. The highest BCUT2D eigenvalue weighted by molar-refractivity contribution is 5.56. The number of methoxy groups -OCH3 is 1. The number of ether oxygens (including phenoxy) is 1. The van der Waals surface area contributed by atoms with Gasteiger partial charge in [0.2, 0.25) is 0 Å². The SMILES string of the molecule is CCNc1ncnc(NCCc2ccc(OC)cc2)c1C. The van der Waals surface area contributed by atoms with Gasteiger partial charge in [-0.05, 0) is 38.0 Å². The number of benzene rings is 1. The number of hydrogen-bond donors (Lipinski definition) is 2. The summed E-state index contributed by atoms with van der Waals surface area (Å²) in [5, 5.41) is 6.60. The maximum Gasteiger partial charge on any atom is 0.134 e. The van der Waals surface area contributed by atoms with Crippen molar-refractivity contribution in [3.8, 4) is 5.75 Å². The molecule has 0 aliphatic carbocycles. The highest BCUT2D eigenvalue weighted by Gasteiger charge is 2.05. The van der Waals surface area contributed by atoms with Gasteiger partial charge in [-0.2, -0.15) is 0 Å². The predicted octanol–water partition coefficient (Wildman–Crippen LogP) is 2.88. The van der Waals surface area contributed by atoms with Crippen LogP contribution in [0.4, 0.5) is 11.6 Å². The molecule has 0 saturated heterocycles. The van der Waals surface area contributed by atoms with Crippen LogP contribution in [0.3, 0.4) is 0 Å². The summed E-state index contributed by atoms with van der Waals surface area (Å²) in [4.78, 5) is 8.54. The van der Waals surface area contributed by atoms with Gasteiger partial charge in [-0.1, -0.05) is 12.1 Å². The largest absolute Gasteiger partial charge is 0.497 e. The molecule has 2 aromatic rings. The monoisotopic (exact) mass is 286 g/mol. The van der Waals surface area contributed by atoms with Crippen molar-refractivity contribution in [3.63, 3.8) is 0 Å². The van der Waals surface area contributed by atoms with Crippen LogP contribution >= 0.6 is 0 Å². The number of nitrogens with zero attached hydrogens (tertiary/aromatic N) is 2. The average molecular weight is 286 g/mol. The van der Waals surface area contributed by atoms with Crippen LogP contribution in [-0.2, 0) is 6.42 Å². The molecule has 2 rings (SSSR count). The molecule has 5 heteroatoms. The fourth-order valence-electron chi connectivity index (χ4n) is 2.09. The molecule has 5 nitrogen and oxygen atoms in total. The molecule has 0 radical (unpaired) electrons. The maximum absolute atomic E-state index is 5.16. The van der Waals surface area contributed by atoms with Gasteiger partial charge >= 0.3 is 0 Å². The van der Waals surface area contributed by atoms with E-state index in [4.69, 9.17) is 4.74 Å². The van der Waals surface area contributed by atoms with Gasteiger partial charge in [0.05, 0.1) is 7.11 Å². The lowest BCUT2D eigenvalue weighted by Crippen LogP contribution is -2.10. The molecule has 0 amide bonds. The molecule has 0 aliphatic heterocycles. The maximum atomic E-state index is 5.16. The minimum Gasteiger partial charge on any atom is -0.497 e. The molecule has 0 saturated carbocycles. The Kier molecular flexibility index (Phi) is 5.37. The second kappa shape index (κ2) is 7.47. The van der Waals surface area contributed by atoms with E-state index < -0.39 is 0 Å². The Balaban J connectivity index is 1.92. The third kappa shape index (κ3) is 4.08. The average Bonchev–Trinajstić information content (AvgIpc) is 2.52. The summed E-state index contributed by atoms with van der Waals surface area (Å²) in [5.41, 5.74) is 2.32. The molecule has 112 valence electrons. The standard InChI is InChI=1S/C16H22N4O/c1-4-17-15-12(2)16(20-11-19-15)18-10-9-13-5-7-14(21-3)8-6-13/h5-8,11H,4,9-10H2,1-3H3,(H2,17,18,19,20). The van der Waals surface area contributed by atoms with E-state index in [1.165, 1.54) is 5.56 Å². The molecule has 0 fully saturated rings. The highest BCUT2D eigenvalue weighted by Crippen LogP contribution is 2.18. The van der Waals surface area contributed by atoms with Crippen molar-refractivity contribution in [2.75, 3.05) is 30.8 Å². The summed E-state index contributed by atoms with van der Waals surface area (Å²) in [6.45, 7) is 5.75. The molecule has 1 aromatic carbocycles. The van der Waals surface area contributed by atoms with Gasteiger partial charge in [0.1, 0.15) is 23.7 Å². The quantitative estimate of drug-likeness (QED) is 0.819. The second-order valence-corrected chi connectivity index (χ2v) is 4.75. The van der Waals surface area contributed by atoms with E-state index in [1.807, 2.05) is 19.1 Å². The van der Waals surface area contributed by atoms with Gasteiger partial charge in [0.15, 0.2) is 0 Å². The van der Waals surface area contributed by atoms with Gasteiger partial charge in [-0.3, -0.25) is 0 Å². The van der Waals surface area contributed by atoms with Crippen LogP contribution in [0.25, 0.3) is 0 Å². The zero-order valence-corrected chi connectivity index (χ0v) is 12.8. The summed E-state index contributed by atoms with van der Waals surface area (Å²) >= 11 is 0. The second-order valence-electron chi connectivity index (χ2n) is 4.75. The topological polar surface area (TPSA) is 59.1 Å². The minimum absolute atomic E-state index is 0.829. The van der Waals surface area contributed by atoms with Crippen LogP contribution in [0.15, 0.2) is 30.6 Å². The highest BCUT2D eigenvalue weighted by atomic mass is 16.5. The third-order valence-electron chi connectivity index (χ3n) is 3.29. The first-order chi connectivity index (χ1) is 10.2. The van der Waals surface area contributed by atoms with Crippen molar-refractivity contribution < 1.29 is 4.74 Å². The van der Waals surface area contributed by atoms with Crippen LogP contribution in [0, 0.1) is 6.92 Å².